The number of aliphatic hydroxyl groups is 1. The number of rotatable bonds is 5. The Morgan fingerprint density at radius 1 is 1.65 bits per heavy atom. The van der Waals surface area contributed by atoms with E-state index in [2.05, 4.69) is 0 Å². The van der Waals surface area contributed by atoms with Crippen LogP contribution < -0.4 is 5.56 Å². The first-order valence-corrected chi connectivity index (χ1v) is 5.70. The lowest BCUT2D eigenvalue weighted by Crippen LogP contribution is -2.38. The van der Waals surface area contributed by atoms with Crippen molar-refractivity contribution in [2.45, 2.75) is 25.8 Å². The average Bonchev–Trinajstić information content (AvgIpc) is 3.04. The second kappa shape index (κ2) is 4.85. The van der Waals surface area contributed by atoms with Crippen LogP contribution in [0.2, 0.25) is 0 Å². The molecule has 0 unspecified atom stereocenters. The van der Waals surface area contributed by atoms with Gasteiger partial charge in [0.1, 0.15) is 5.76 Å². The fourth-order valence-corrected chi connectivity index (χ4v) is 1.82. The normalized spacial score (nSPS) is 15.5. The minimum Gasteiger partial charge on any atom is -0.395 e. The lowest BCUT2D eigenvalue weighted by atomic mass is 10.4. The van der Waals surface area contributed by atoms with Crippen molar-refractivity contribution in [1.82, 2.24) is 9.64 Å². The maximum atomic E-state index is 11.8. The van der Waals surface area contributed by atoms with E-state index in [1.807, 2.05) is 4.90 Å². The number of carbonyl (C=O) groups excluding carboxylic acids is 1. The number of hydrogen-bond acceptors (Lipinski definition) is 5. The molecule has 0 aromatic carbocycles. The zero-order valence-electron chi connectivity index (χ0n) is 9.76. The summed E-state index contributed by atoms with van der Waals surface area (Å²) in [5, 5.41) is 8.91. The van der Waals surface area contributed by atoms with Gasteiger partial charge in [-0.3, -0.25) is 14.5 Å². The molecule has 17 heavy (non-hydrogen) atoms. The fraction of sp³-hybridized carbons (Fsp3) is 0.636. The Morgan fingerprint density at radius 2 is 2.35 bits per heavy atom. The average molecular weight is 240 g/mol. The number of aryl methyl sites for hydroxylation is 1. The van der Waals surface area contributed by atoms with Crippen LogP contribution in [0, 0.1) is 6.92 Å². The number of aromatic nitrogens is 1. The summed E-state index contributed by atoms with van der Waals surface area (Å²) in [4.78, 5) is 25.1. The molecule has 94 valence electrons. The van der Waals surface area contributed by atoms with Gasteiger partial charge >= 0.3 is 0 Å². The molecule has 1 aromatic rings. The molecule has 1 heterocycles. The van der Waals surface area contributed by atoms with Gasteiger partial charge in [-0.1, -0.05) is 0 Å². The van der Waals surface area contributed by atoms with Gasteiger partial charge in [-0.25, -0.2) is 0 Å². The Labute approximate surface area is 98.4 Å². The molecular weight excluding hydrogens is 224 g/mol. The number of aliphatic hydroxyl groups excluding tert-OH is 1. The summed E-state index contributed by atoms with van der Waals surface area (Å²) in [5.74, 6) is 0.0342. The van der Waals surface area contributed by atoms with Crippen molar-refractivity contribution < 1.29 is 14.4 Å². The molecule has 0 radical (unpaired) electrons. The van der Waals surface area contributed by atoms with Crippen LogP contribution in [0.4, 0.5) is 0 Å². The Hall–Kier alpha value is -1.40. The van der Waals surface area contributed by atoms with Crippen LogP contribution in [0.15, 0.2) is 15.4 Å². The first-order valence-electron chi connectivity index (χ1n) is 5.70. The lowest BCUT2D eigenvalue weighted by Gasteiger charge is -2.18. The van der Waals surface area contributed by atoms with Crippen LogP contribution in [-0.4, -0.2) is 46.4 Å². The standard InChI is InChI=1S/C11H16N2O4/c1-8-6-10(15)13(17-8)11(16)7-12(4-5-14)9-2-3-9/h6,9,14H,2-5,7H2,1H3. The molecule has 1 aliphatic rings. The van der Waals surface area contributed by atoms with E-state index in [9.17, 15) is 9.59 Å². The quantitative estimate of drug-likeness (QED) is 0.774. The predicted octanol–water partition coefficient (Wildman–Crippen LogP) is -0.153. The van der Waals surface area contributed by atoms with E-state index in [0.29, 0.717) is 18.3 Å². The highest BCUT2D eigenvalue weighted by atomic mass is 16.5. The molecule has 1 aliphatic carbocycles. The van der Waals surface area contributed by atoms with Crippen molar-refractivity contribution >= 4 is 5.91 Å². The summed E-state index contributed by atoms with van der Waals surface area (Å²) in [5.41, 5.74) is -0.438. The van der Waals surface area contributed by atoms with Crippen molar-refractivity contribution in [2.75, 3.05) is 19.7 Å². The van der Waals surface area contributed by atoms with E-state index >= 15 is 0 Å². The molecule has 0 saturated heterocycles. The van der Waals surface area contributed by atoms with Crippen LogP contribution in [0.3, 0.4) is 0 Å². The summed E-state index contributed by atoms with van der Waals surface area (Å²) < 4.78 is 5.80. The number of hydrogen-bond donors (Lipinski definition) is 1. The first-order chi connectivity index (χ1) is 8.11. The van der Waals surface area contributed by atoms with Gasteiger partial charge in [-0.05, 0) is 19.8 Å². The second-order valence-electron chi connectivity index (χ2n) is 4.30. The smallest absolute Gasteiger partial charge is 0.290 e. The highest BCUT2D eigenvalue weighted by molar-refractivity contribution is 5.79. The van der Waals surface area contributed by atoms with E-state index in [4.69, 9.17) is 9.63 Å². The van der Waals surface area contributed by atoms with Gasteiger partial charge in [-0.15, -0.1) is 4.74 Å². The molecule has 6 heteroatoms. The van der Waals surface area contributed by atoms with E-state index in [0.717, 1.165) is 17.6 Å². The Kier molecular flexibility index (Phi) is 3.44. The van der Waals surface area contributed by atoms with Gasteiger partial charge in [-0.2, -0.15) is 0 Å². The Bertz CT molecular complexity index is 458. The van der Waals surface area contributed by atoms with Crippen molar-refractivity contribution in [3.05, 3.63) is 22.2 Å². The zero-order chi connectivity index (χ0) is 12.4. The Morgan fingerprint density at radius 3 is 2.82 bits per heavy atom. The molecule has 0 atom stereocenters. The Balaban J connectivity index is 2.04. The molecule has 2 rings (SSSR count). The van der Waals surface area contributed by atoms with Crippen molar-refractivity contribution in [3.63, 3.8) is 0 Å². The highest BCUT2D eigenvalue weighted by Gasteiger charge is 2.30. The van der Waals surface area contributed by atoms with Gasteiger partial charge in [0.25, 0.3) is 11.5 Å². The monoisotopic (exact) mass is 240 g/mol. The number of nitrogens with zero attached hydrogens (tertiary/aromatic N) is 2. The SMILES string of the molecule is Cc1cc(=O)n(C(=O)CN(CCO)C2CC2)o1. The molecule has 1 N–H and O–H groups in total. The van der Waals surface area contributed by atoms with Gasteiger partial charge in [0.05, 0.1) is 13.2 Å². The first kappa shape index (κ1) is 12.1. The second-order valence-corrected chi connectivity index (χ2v) is 4.30. The largest absolute Gasteiger partial charge is 0.395 e. The van der Waals surface area contributed by atoms with Crippen LogP contribution in [0.25, 0.3) is 0 Å². The van der Waals surface area contributed by atoms with Crippen LogP contribution in [0.1, 0.15) is 23.4 Å². The summed E-state index contributed by atoms with van der Waals surface area (Å²) in [6.45, 7) is 2.19. The highest BCUT2D eigenvalue weighted by Crippen LogP contribution is 2.26. The molecule has 1 aromatic heterocycles. The summed E-state index contributed by atoms with van der Waals surface area (Å²) >= 11 is 0. The third-order valence-electron chi connectivity index (χ3n) is 2.78. The zero-order valence-corrected chi connectivity index (χ0v) is 9.76. The molecule has 0 amide bonds. The van der Waals surface area contributed by atoms with Crippen molar-refractivity contribution in [3.8, 4) is 0 Å². The van der Waals surface area contributed by atoms with Crippen LogP contribution in [-0.2, 0) is 0 Å². The molecule has 1 saturated carbocycles. The van der Waals surface area contributed by atoms with E-state index < -0.39 is 5.56 Å². The third kappa shape index (κ3) is 2.83. The fourth-order valence-electron chi connectivity index (χ4n) is 1.82. The maximum Gasteiger partial charge on any atom is 0.290 e. The summed E-state index contributed by atoms with van der Waals surface area (Å²) in [7, 11) is 0. The predicted molar refractivity (Wildman–Crippen MR) is 60.0 cm³/mol. The molecule has 0 aliphatic heterocycles. The molecule has 1 fully saturated rings. The van der Waals surface area contributed by atoms with Gasteiger partial charge in [0.2, 0.25) is 0 Å². The van der Waals surface area contributed by atoms with E-state index in [-0.39, 0.29) is 19.1 Å². The van der Waals surface area contributed by atoms with Crippen molar-refractivity contribution in [2.24, 2.45) is 0 Å². The third-order valence-corrected chi connectivity index (χ3v) is 2.78. The van der Waals surface area contributed by atoms with Gasteiger partial charge in [0, 0.05) is 18.7 Å². The molecule has 6 nitrogen and oxygen atoms in total. The van der Waals surface area contributed by atoms with Crippen molar-refractivity contribution in [1.29, 1.82) is 0 Å². The number of carbonyl (C=O) groups is 1. The van der Waals surface area contributed by atoms with Crippen LogP contribution in [0.5, 0.6) is 0 Å². The van der Waals surface area contributed by atoms with Gasteiger partial charge < -0.3 is 9.63 Å². The van der Waals surface area contributed by atoms with E-state index in [1.54, 1.807) is 6.92 Å². The minimum absolute atomic E-state index is 0.00978. The summed E-state index contributed by atoms with van der Waals surface area (Å²) in [6, 6.07) is 1.64. The molecular formula is C11H16N2O4. The lowest BCUT2D eigenvalue weighted by molar-refractivity contribution is 0.0693. The van der Waals surface area contributed by atoms with Gasteiger partial charge in [0.15, 0.2) is 0 Å². The van der Waals surface area contributed by atoms with Crippen LogP contribution >= 0.6 is 0 Å². The van der Waals surface area contributed by atoms with E-state index in [1.165, 1.54) is 6.07 Å². The maximum absolute atomic E-state index is 11.8. The summed E-state index contributed by atoms with van der Waals surface area (Å²) in [6.07, 6.45) is 2.08. The minimum atomic E-state index is -0.438. The molecule has 0 bridgehead atoms. The topological polar surface area (TPSA) is 75.7 Å². The molecule has 0 spiro atoms.